The predicted octanol–water partition coefficient (Wildman–Crippen LogP) is 6.13. The summed E-state index contributed by atoms with van der Waals surface area (Å²) in [6.45, 7) is 4.49. The molecule has 0 saturated carbocycles. The number of likely N-dealkylation sites (tertiary alicyclic amines) is 1. The van der Waals surface area contributed by atoms with Gasteiger partial charge in [-0.05, 0) is 92.7 Å². The number of aromatic nitrogens is 3. The van der Waals surface area contributed by atoms with Gasteiger partial charge in [0.2, 0.25) is 0 Å². The van der Waals surface area contributed by atoms with Gasteiger partial charge in [0.1, 0.15) is 5.82 Å². The molecule has 9 heteroatoms. The van der Waals surface area contributed by atoms with E-state index >= 15 is 0 Å². The Balaban J connectivity index is 1.24. The third kappa shape index (κ3) is 5.49. The molecule has 0 spiro atoms. The number of nitrogens with zero attached hydrogens (tertiary/aromatic N) is 4. The summed E-state index contributed by atoms with van der Waals surface area (Å²) in [5.74, 6) is -1.27. The highest BCUT2D eigenvalue weighted by Crippen LogP contribution is 2.31. The molecular formula is C30H32F2N6O. The van der Waals surface area contributed by atoms with Crippen LogP contribution in [-0.4, -0.2) is 52.2 Å². The van der Waals surface area contributed by atoms with Crippen molar-refractivity contribution in [1.29, 1.82) is 0 Å². The first-order valence-corrected chi connectivity index (χ1v) is 13.8. The topological polar surface area (TPSA) is 77.1 Å². The maximum absolute atomic E-state index is 15.0. The van der Waals surface area contributed by atoms with Crippen LogP contribution >= 0.6 is 0 Å². The van der Waals surface area contributed by atoms with Gasteiger partial charge in [-0.25, -0.2) is 13.8 Å². The molecule has 2 aliphatic rings. The van der Waals surface area contributed by atoms with Crippen molar-refractivity contribution in [2.75, 3.05) is 36.4 Å². The number of amides is 1. The van der Waals surface area contributed by atoms with Gasteiger partial charge in [-0.2, -0.15) is 5.10 Å². The Morgan fingerprint density at radius 2 is 1.69 bits per heavy atom. The van der Waals surface area contributed by atoms with Gasteiger partial charge in [0.25, 0.3) is 5.91 Å². The summed E-state index contributed by atoms with van der Waals surface area (Å²) in [4.78, 5) is 22.2. The van der Waals surface area contributed by atoms with Crippen LogP contribution in [0.2, 0.25) is 0 Å². The van der Waals surface area contributed by atoms with Crippen molar-refractivity contribution in [3.8, 4) is 11.1 Å². The minimum absolute atomic E-state index is 0.175. The second-order valence-corrected chi connectivity index (χ2v) is 10.5. The highest BCUT2D eigenvalue weighted by atomic mass is 19.2. The number of fused-ring (bicyclic) bond motifs is 1. The van der Waals surface area contributed by atoms with Crippen LogP contribution in [-0.2, 0) is 6.54 Å². The Morgan fingerprint density at radius 1 is 0.923 bits per heavy atom. The average Bonchev–Trinajstić information content (AvgIpc) is 3.40. The second kappa shape index (κ2) is 11.1. The van der Waals surface area contributed by atoms with Gasteiger partial charge in [0.05, 0.1) is 17.4 Å². The number of H-pyrrole nitrogens is 1. The predicted molar refractivity (Wildman–Crippen MR) is 149 cm³/mol. The van der Waals surface area contributed by atoms with Gasteiger partial charge < -0.3 is 10.2 Å². The van der Waals surface area contributed by atoms with Gasteiger partial charge in [-0.3, -0.25) is 14.8 Å². The molecule has 4 aromatic rings. The first-order valence-electron chi connectivity index (χ1n) is 13.8. The van der Waals surface area contributed by atoms with Crippen LogP contribution < -0.4 is 10.2 Å². The monoisotopic (exact) mass is 530 g/mol. The van der Waals surface area contributed by atoms with Crippen molar-refractivity contribution in [2.45, 2.75) is 45.1 Å². The van der Waals surface area contributed by atoms with Gasteiger partial charge in [0.15, 0.2) is 17.3 Å². The number of nitrogens with one attached hydrogen (secondary N) is 2. The summed E-state index contributed by atoms with van der Waals surface area (Å²) in [5.41, 5.74) is 2.77. The lowest BCUT2D eigenvalue weighted by atomic mass is 9.99. The Kier molecular flexibility index (Phi) is 7.24. The van der Waals surface area contributed by atoms with Gasteiger partial charge in [-0.15, -0.1) is 0 Å². The molecule has 0 aliphatic carbocycles. The number of hydrogen-bond acceptors (Lipinski definition) is 5. The molecule has 2 aromatic heterocycles. The molecule has 0 atom stereocenters. The normalized spacial score (nSPS) is 16.5. The van der Waals surface area contributed by atoms with Crippen molar-refractivity contribution in [1.82, 2.24) is 20.1 Å². The highest BCUT2D eigenvalue weighted by molar-refractivity contribution is 6.11. The van der Waals surface area contributed by atoms with E-state index in [9.17, 15) is 13.6 Å². The number of piperidine rings is 2. The Labute approximate surface area is 226 Å². The molecule has 0 unspecified atom stereocenters. The van der Waals surface area contributed by atoms with Crippen LogP contribution in [0.3, 0.4) is 0 Å². The molecule has 2 saturated heterocycles. The van der Waals surface area contributed by atoms with Crippen molar-refractivity contribution in [3.63, 3.8) is 0 Å². The van der Waals surface area contributed by atoms with Crippen LogP contribution in [0.1, 0.15) is 54.6 Å². The Hall–Kier alpha value is -3.85. The van der Waals surface area contributed by atoms with E-state index in [1.54, 1.807) is 30.5 Å². The van der Waals surface area contributed by atoms with E-state index in [-0.39, 0.29) is 11.3 Å². The maximum atomic E-state index is 15.0. The summed E-state index contributed by atoms with van der Waals surface area (Å²) < 4.78 is 29.6. The highest BCUT2D eigenvalue weighted by Gasteiger charge is 2.20. The van der Waals surface area contributed by atoms with Crippen LogP contribution in [0.25, 0.3) is 22.0 Å². The molecule has 1 amide bonds. The van der Waals surface area contributed by atoms with E-state index in [0.29, 0.717) is 28.7 Å². The van der Waals surface area contributed by atoms with E-state index in [4.69, 9.17) is 0 Å². The second-order valence-electron chi connectivity index (χ2n) is 10.5. The molecule has 6 rings (SSSR count). The Bertz CT molecular complexity index is 1470. The number of carbonyl (C=O) groups is 1. The number of hydrogen-bond donors (Lipinski definition) is 2. The van der Waals surface area contributed by atoms with Crippen LogP contribution in [0.5, 0.6) is 0 Å². The first kappa shape index (κ1) is 25.4. The number of benzene rings is 2. The largest absolute Gasteiger partial charge is 0.357 e. The summed E-state index contributed by atoms with van der Waals surface area (Å²) in [7, 11) is 0. The van der Waals surface area contributed by atoms with Crippen LogP contribution in [0.4, 0.5) is 20.3 Å². The van der Waals surface area contributed by atoms with E-state index in [1.807, 2.05) is 12.1 Å². The minimum atomic E-state index is -0.897. The van der Waals surface area contributed by atoms with E-state index < -0.39 is 17.5 Å². The quantitative estimate of drug-likeness (QED) is 0.314. The lowest BCUT2D eigenvalue weighted by molar-refractivity contribution is 0.102. The molecule has 2 aromatic carbocycles. The molecule has 0 bridgehead atoms. The Morgan fingerprint density at radius 3 is 2.44 bits per heavy atom. The number of pyridine rings is 1. The van der Waals surface area contributed by atoms with Crippen molar-refractivity contribution in [2.24, 2.45) is 0 Å². The average molecular weight is 531 g/mol. The third-order valence-electron chi connectivity index (χ3n) is 7.72. The van der Waals surface area contributed by atoms with E-state index in [0.717, 1.165) is 63.2 Å². The fraction of sp³-hybridized carbons (Fsp3) is 0.367. The molecule has 7 nitrogen and oxygen atoms in total. The smallest absolute Gasteiger partial charge is 0.276 e. The zero-order valence-corrected chi connectivity index (χ0v) is 21.9. The summed E-state index contributed by atoms with van der Waals surface area (Å²) in [6.07, 6.45) is 8.67. The fourth-order valence-electron chi connectivity index (χ4n) is 5.64. The van der Waals surface area contributed by atoms with Crippen LogP contribution in [0.15, 0.2) is 48.7 Å². The van der Waals surface area contributed by atoms with Gasteiger partial charge >= 0.3 is 0 Å². The maximum Gasteiger partial charge on any atom is 0.276 e. The number of rotatable bonds is 6. The SMILES string of the molecule is O=C(Nc1ccc(N2CCCCC2)nc1)c1n[nH]c2ccc(-c3cc(CN4CCCCC4)cc(F)c3F)cc12. The number of anilines is 2. The molecule has 2 aliphatic heterocycles. The minimum Gasteiger partial charge on any atom is -0.357 e. The third-order valence-corrected chi connectivity index (χ3v) is 7.72. The summed E-state index contributed by atoms with van der Waals surface area (Å²) in [5, 5.41) is 10.5. The molecule has 202 valence electrons. The molecule has 4 heterocycles. The molecule has 2 N–H and O–H groups in total. The van der Waals surface area contributed by atoms with Gasteiger partial charge in [-0.1, -0.05) is 12.5 Å². The summed E-state index contributed by atoms with van der Waals surface area (Å²) >= 11 is 0. The number of halogens is 2. The lowest BCUT2D eigenvalue weighted by Crippen LogP contribution is -2.30. The van der Waals surface area contributed by atoms with Crippen molar-refractivity contribution in [3.05, 3.63) is 71.6 Å². The van der Waals surface area contributed by atoms with Crippen molar-refractivity contribution >= 4 is 28.3 Å². The molecule has 0 radical (unpaired) electrons. The fourth-order valence-corrected chi connectivity index (χ4v) is 5.64. The van der Waals surface area contributed by atoms with Crippen LogP contribution in [0, 0.1) is 11.6 Å². The van der Waals surface area contributed by atoms with Crippen molar-refractivity contribution < 1.29 is 13.6 Å². The number of aromatic amines is 1. The molecule has 39 heavy (non-hydrogen) atoms. The summed E-state index contributed by atoms with van der Waals surface area (Å²) in [6, 6.07) is 11.9. The molecular weight excluding hydrogens is 498 g/mol. The zero-order chi connectivity index (χ0) is 26.8. The zero-order valence-electron chi connectivity index (χ0n) is 21.9. The standard InChI is InChI=1S/C30H32F2N6O/c31-25-16-20(19-37-11-3-1-4-12-37)15-23(28(25)32)21-7-9-26-24(17-21)29(36-35-26)30(39)34-22-8-10-27(33-18-22)38-13-5-2-6-14-38/h7-10,15-18H,1-6,11-14,19H2,(H,34,39)(H,35,36). The number of carbonyl (C=O) groups excluding carboxylic acids is 1. The molecule has 2 fully saturated rings. The first-order chi connectivity index (χ1) is 19.0. The van der Waals surface area contributed by atoms with Gasteiger partial charge in [0, 0.05) is 30.6 Å². The lowest BCUT2D eigenvalue weighted by Gasteiger charge is -2.27. The van der Waals surface area contributed by atoms with E-state index in [1.165, 1.54) is 18.9 Å². The van der Waals surface area contributed by atoms with E-state index in [2.05, 4.69) is 30.3 Å².